The Morgan fingerprint density at radius 2 is 1.68 bits per heavy atom. The van der Waals surface area contributed by atoms with Crippen molar-refractivity contribution in [2.75, 3.05) is 13.1 Å². The third-order valence-corrected chi connectivity index (χ3v) is 6.09. The maximum absolute atomic E-state index is 12.8. The minimum absolute atomic E-state index is 0.133. The second kappa shape index (κ2) is 7.53. The molecule has 7 nitrogen and oxygen atoms in total. The van der Waals surface area contributed by atoms with Crippen LogP contribution in [-0.4, -0.2) is 43.8 Å². The first-order valence-electron chi connectivity index (χ1n) is 8.21. The average molecular weight is 368 g/mol. The van der Waals surface area contributed by atoms with Gasteiger partial charge in [0.2, 0.25) is 10.0 Å². The van der Waals surface area contributed by atoms with E-state index in [1.165, 1.54) is 35.5 Å². The maximum atomic E-state index is 12.8. The van der Waals surface area contributed by atoms with E-state index in [1.54, 1.807) is 0 Å². The molecule has 1 aromatic carbocycles. The summed E-state index contributed by atoms with van der Waals surface area (Å²) in [4.78, 5) is 23.0. The van der Waals surface area contributed by atoms with E-state index in [1.807, 2.05) is 13.8 Å². The van der Waals surface area contributed by atoms with Gasteiger partial charge in [-0.2, -0.15) is 4.31 Å². The number of sulfonamides is 1. The van der Waals surface area contributed by atoms with Gasteiger partial charge in [-0.15, -0.1) is 0 Å². The number of esters is 1. The van der Waals surface area contributed by atoms with Crippen LogP contribution in [0.25, 0.3) is 0 Å². The van der Waals surface area contributed by atoms with Crippen LogP contribution in [0.3, 0.4) is 0 Å². The lowest BCUT2D eigenvalue weighted by atomic mass is 9.94. The summed E-state index contributed by atoms with van der Waals surface area (Å²) in [6, 6.07) is 5.51. The molecular formula is C17H24N2O5S. The van der Waals surface area contributed by atoms with Crippen molar-refractivity contribution in [1.29, 1.82) is 0 Å². The number of hydrogen-bond acceptors (Lipinski definition) is 5. The molecule has 2 rings (SSSR count). The molecule has 1 heterocycles. The molecule has 0 aliphatic carbocycles. The predicted molar refractivity (Wildman–Crippen MR) is 92.2 cm³/mol. The highest BCUT2D eigenvalue weighted by Crippen LogP contribution is 2.26. The van der Waals surface area contributed by atoms with Gasteiger partial charge >= 0.3 is 5.97 Å². The number of nitrogens with two attached hydrogens (primary N) is 1. The largest absolute Gasteiger partial charge is 0.449 e. The van der Waals surface area contributed by atoms with E-state index < -0.39 is 28.0 Å². The first kappa shape index (κ1) is 19.4. The van der Waals surface area contributed by atoms with E-state index >= 15 is 0 Å². The van der Waals surface area contributed by atoms with Gasteiger partial charge in [-0.25, -0.2) is 13.2 Å². The Kier molecular flexibility index (Phi) is 5.84. The summed E-state index contributed by atoms with van der Waals surface area (Å²) in [7, 11) is -3.60. The number of amides is 1. The Bertz CT molecular complexity index is 735. The molecule has 1 saturated heterocycles. The van der Waals surface area contributed by atoms with Crippen LogP contribution in [0.15, 0.2) is 29.2 Å². The van der Waals surface area contributed by atoms with Crippen molar-refractivity contribution in [3.8, 4) is 0 Å². The molecule has 1 fully saturated rings. The molecule has 0 unspecified atom stereocenters. The third kappa shape index (κ3) is 4.58. The first-order chi connectivity index (χ1) is 11.6. The minimum Gasteiger partial charge on any atom is -0.449 e. The van der Waals surface area contributed by atoms with Crippen molar-refractivity contribution in [2.45, 2.75) is 38.2 Å². The molecule has 0 saturated carbocycles. The lowest BCUT2D eigenvalue weighted by Crippen LogP contribution is -2.42. The van der Waals surface area contributed by atoms with E-state index in [0.29, 0.717) is 24.9 Å². The molecule has 8 heteroatoms. The van der Waals surface area contributed by atoms with Crippen molar-refractivity contribution in [3.63, 3.8) is 0 Å². The summed E-state index contributed by atoms with van der Waals surface area (Å²) >= 11 is 0. The second-order valence-corrected chi connectivity index (χ2v) is 8.68. The van der Waals surface area contributed by atoms with Crippen molar-refractivity contribution < 1.29 is 22.7 Å². The van der Waals surface area contributed by atoms with E-state index in [2.05, 4.69) is 0 Å². The summed E-state index contributed by atoms with van der Waals surface area (Å²) in [6.07, 6.45) is -0.0401. The molecule has 25 heavy (non-hydrogen) atoms. The fraction of sp³-hybridized carbons (Fsp3) is 0.529. The number of ether oxygens (including phenoxy) is 1. The van der Waals surface area contributed by atoms with E-state index in [0.717, 1.165) is 6.42 Å². The van der Waals surface area contributed by atoms with Crippen LogP contribution < -0.4 is 5.73 Å². The number of carbonyl (C=O) groups is 2. The van der Waals surface area contributed by atoms with Crippen LogP contribution in [0, 0.1) is 11.8 Å². The molecule has 0 aromatic heterocycles. The van der Waals surface area contributed by atoms with Crippen molar-refractivity contribution in [1.82, 2.24) is 4.31 Å². The van der Waals surface area contributed by atoms with E-state index in [9.17, 15) is 18.0 Å². The Morgan fingerprint density at radius 1 is 1.16 bits per heavy atom. The van der Waals surface area contributed by atoms with Crippen LogP contribution in [0.1, 0.15) is 37.6 Å². The standard InChI is InChI=1S/C17H24N2O5S/c1-11-8-12(2)10-19(9-11)25(22,23)15-6-4-14(5-7-15)17(21)24-13(3)16(18)20/h4-7,11-13H,8-10H2,1-3H3,(H2,18,20)/t11-,12+,13-/m0/s1. The number of carbonyl (C=O) groups excluding carboxylic acids is 2. The Balaban J connectivity index is 2.15. The van der Waals surface area contributed by atoms with E-state index in [4.69, 9.17) is 10.5 Å². The van der Waals surface area contributed by atoms with Gasteiger partial charge in [-0.3, -0.25) is 4.79 Å². The van der Waals surface area contributed by atoms with E-state index in [-0.39, 0.29) is 10.5 Å². The number of piperidine rings is 1. The van der Waals surface area contributed by atoms with Crippen LogP contribution in [0.5, 0.6) is 0 Å². The van der Waals surface area contributed by atoms with Crippen LogP contribution in [0.2, 0.25) is 0 Å². The van der Waals surface area contributed by atoms with Gasteiger partial charge < -0.3 is 10.5 Å². The highest BCUT2D eigenvalue weighted by molar-refractivity contribution is 7.89. The molecule has 0 bridgehead atoms. The molecule has 1 aliphatic heterocycles. The van der Waals surface area contributed by atoms with Gasteiger partial charge in [-0.05, 0) is 49.4 Å². The van der Waals surface area contributed by atoms with Crippen LogP contribution in [-0.2, 0) is 19.6 Å². The van der Waals surface area contributed by atoms with Crippen LogP contribution in [0.4, 0.5) is 0 Å². The Labute approximate surface area is 148 Å². The average Bonchev–Trinajstić information content (AvgIpc) is 2.53. The molecule has 1 amide bonds. The van der Waals surface area contributed by atoms with Gasteiger partial charge in [0.05, 0.1) is 10.5 Å². The second-order valence-electron chi connectivity index (χ2n) is 6.74. The van der Waals surface area contributed by atoms with Gasteiger partial charge in [0, 0.05) is 13.1 Å². The summed E-state index contributed by atoms with van der Waals surface area (Å²) < 4.78 is 31.9. The first-order valence-corrected chi connectivity index (χ1v) is 9.65. The summed E-state index contributed by atoms with van der Waals surface area (Å²) in [5.41, 5.74) is 5.21. The lowest BCUT2D eigenvalue weighted by Gasteiger charge is -2.34. The molecule has 2 N–H and O–H groups in total. The maximum Gasteiger partial charge on any atom is 0.338 e. The predicted octanol–water partition coefficient (Wildman–Crippen LogP) is 1.38. The van der Waals surface area contributed by atoms with Crippen molar-refractivity contribution in [2.24, 2.45) is 17.6 Å². The number of benzene rings is 1. The smallest absolute Gasteiger partial charge is 0.338 e. The van der Waals surface area contributed by atoms with Gasteiger partial charge in [0.15, 0.2) is 6.10 Å². The van der Waals surface area contributed by atoms with Gasteiger partial charge in [0.1, 0.15) is 0 Å². The summed E-state index contributed by atoms with van der Waals surface area (Å²) in [5.74, 6) is -0.859. The third-order valence-electron chi connectivity index (χ3n) is 4.25. The SMILES string of the molecule is C[C@@H]1C[C@H](C)CN(S(=O)(=O)c2ccc(C(=O)O[C@@H](C)C(N)=O)cc2)C1. The molecule has 138 valence electrons. The molecule has 1 aliphatic rings. The molecule has 0 radical (unpaired) electrons. The highest BCUT2D eigenvalue weighted by atomic mass is 32.2. The highest BCUT2D eigenvalue weighted by Gasteiger charge is 2.31. The molecule has 3 atom stereocenters. The fourth-order valence-electron chi connectivity index (χ4n) is 3.00. The monoisotopic (exact) mass is 368 g/mol. The van der Waals surface area contributed by atoms with Gasteiger partial charge in [-0.1, -0.05) is 13.8 Å². The number of rotatable bonds is 5. The zero-order valence-corrected chi connectivity index (χ0v) is 15.5. The zero-order valence-electron chi connectivity index (χ0n) is 14.6. The summed E-state index contributed by atoms with van der Waals surface area (Å²) in [6.45, 7) is 6.44. The molecule has 1 aromatic rings. The Hall–Kier alpha value is -1.93. The number of hydrogen-bond donors (Lipinski definition) is 1. The zero-order chi connectivity index (χ0) is 18.8. The van der Waals surface area contributed by atoms with Crippen molar-refractivity contribution in [3.05, 3.63) is 29.8 Å². The lowest BCUT2D eigenvalue weighted by molar-refractivity contribution is -0.125. The van der Waals surface area contributed by atoms with Crippen LogP contribution >= 0.6 is 0 Å². The Morgan fingerprint density at radius 3 is 2.16 bits per heavy atom. The molecular weight excluding hydrogens is 344 g/mol. The summed E-state index contributed by atoms with van der Waals surface area (Å²) in [5, 5.41) is 0. The fourth-order valence-corrected chi connectivity index (χ4v) is 4.68. The quantitative estimate of drug-likeness (QED) is 0.790. The number of primary amides is 1. The minimum atomic E-state index is -3.60. The van der Waals surface area contributed by atoms with Crippen molar-refractivity contribution >= 4 is 21.9 Å². The number of nitrogens with zero attached hydrogens (tertiary/aromatic N) is 1. The normalized spacial score (nSPS) is 23.0. The molecule has 0 spiro atoms. The topological polar surface area (TPSA) is 107 Å². The van der Waals surface area contributed by atoms with Gasteiger partial charge in [0.25, 0.3) is 5.91 Å².